The summed E-state index contributed by atoms with van der Waals surface area (Å²) in [5.41, 5.74) is 0.305. The Bertz CT molecular complexity index is 362. The van der Waals surface area contributed by atoms with E-state index in [1.165, 1.54) is 6.07 Å². The third-order valence-electron chi connectivity index (χ3n) is 2.63. The molecule has 14 heavy (non-hydrogen) atoms. The summed E-state index contributed by atoms with van der Waals surface area (Å²) in [7, 11) is 0. The van der Waals surface area contributed by atoms with Gasteiger partial charge in [-0.15, -0.1) is 11.6 Å². The van der Waals surface area contributed by atoms with E-state index in [1.54, 1.807) is 18.2 Å². The van der Waals surface area contributed by atoms with E-state index < -0.39 is 10.7 Å². The number of rotatable bonds is 3. The minimum atomic E-state index is -1.15. The smallest absolute Gasteiger partial charge is 0.145 e. The van der Waals surface area contributed by atoms with Crippen molar-refractivity contribution in [2.75, 3.05) is 0 Å². The first-order chi connectivity index (χ1) is 6.68. The van der Waals surface area contributed by atoms with Gasteiger partial charge in [-0.25, -0.2) is 4.39 Å². The fourth-order valence-electron chi connectivity index (χ4n) is 1.66. The molecule has 1 saturated carbocycles. The van der Waals surface area contributed by atoms with Crippen LogP contribution in [-0.4, -0.2) is 6.29 Å². The Kier molecular flexibility index (Phi) is 2.31. The number of carbonyl (C=O) groups is 1. The van der Waals surface area contributed by atoms with E-state index in [1.807, 2.05) is 0 Å². The lowest BCUT2D eigenvalue weighted by Gasteiger charge is -2.20. The molecule has 3 heteroatoms. The number of alkyl halides is 1. The second kappa shape index (κ2) is 3.35. The summed E-state index contributed by atoms with van der Waals surface area (Å²) in [6, 6.07) is 6.20. The molecule has 1 aliphatic rings. The molecule has 0 spiro atoms. The fourth-order valence-corrected chi connectivity index (χ4v) is 2.03. The van der Waals surface area contributed by atoms with Gasteiger partial charge in [-0.3, -0.25) is 0 Å². The summed E-state index contributed by atoms with van der Waals surface area (Å²) in [5, 5.41) is 0. The zero-order chi connectivity index (χ0) is 10.2. The first kappa shape index (κ1) is 9.66. The van der Waals surface area contributed by atoms with Gasteiger partial charge < -0.3 is 4.79 Å². The van der Waals surface area contributed by atoms with Crippen molar-refractivity contribution in [1.29, 1.82) is 0 Å². The molecule has 0 heterocycles. The molecule has 1 fully saturated rings. The van der Waals surface area contributed by atoms with Gasteiger partial charge in [0.05, 0.1) is 0 Å². The molecule has 0 radical (unpaired) electrons. The molecule has 0 aliphatic heterocycles. The van der Waals surface area contributed by atoms with E-state index in [0.717, 1.165) is 12.8 Å². The quantitative estimate of drug-likeness (QED) is 0.556. The van der Waals surface area contributed by atoms with Gasteiger partial charge in [0.1, 0.15) is 17.0 Å². The van der Waals surface area contributed by atoms with Crippen LogP contribution in [-0.2, 0) is 9.67 Å². The van der Waals surface area contributed by atoms with E-state index in [0.29, 0.717) is 11.8 Å². The molecule has 1 aromatic rings. The van der Waals surface area contributed by atoms with E-state index in [9.17, 15) is 9.18 Å². The van der Waals surface area contributed by atoms with Crippen LogP contribution in [0.2, 0.25) is 0 Å². The van der Waals surface area contributed by atoms with Crippen LogP contribution in [0.15, 0.2) is 24.3 Å². The summed E-state index contributed by atoms with van der Waals surface area (Å²) >= 11 is 6.14. The molecule has 1 atom stereocenters. The standard InChI is InChI=1S/C11H10ClFO/c12-11(7-14,8-5-6-8)9-3-1-2-4-10(9)13/h1-4,7-8H,5-6H2. The molecule has 0 amide bonds. The average molecular weight is 213 g/mol. The second-order valence-corrected chi connectivity index (χ2v) is 4.27. The van der Waals surface area contributed by atoms with E-state index >= 15 is 0 Å². The number of hydrogen-bond acceptors (Lipinski definition) is 1. The van der Waals surface area contributed by atoms with E-state index in [4.69, 9.17) is 11.6 Å². The molecule has 1 nitrogen and oxygen atoms in total. The zero-order valence-electron chi connectivity index (χ0n) is 7.54. The summed E-state index contributed by atoms with van der Waals surface area (Å²) < 4.78 is 13.4. The van der Waals surface area contributed by atoms with E-state index in [-0.39, 0.29) is 5.92 Å². The van der Waals surface area contributed by atoms with Gasteiger partial charge in [-0.2, -0.15) is 0 Å². The molecule has 1 aromatic carbocycles. The molecule has 74 valence electrons. The summed E-state index contributed by atoms with van der Waals surface area (Å²) in [4.78, 5) is 9.81. The summed E-state index contributed by atoms with van der Waals surface area (Å²) in [6.07, 6.45) is 2.46. The molecule has 0 aromatic heterocycles. The Morgan fingerprint density at radius 3 is 2.57 bits per heavy atom. The molecular weight excluding hydrogens is 203 g/mol. The Labute approximate surface area is 86.9 Å². The highest BCUT2D eigenvalue weighted by molar-refractivity contribution is 6.32. The molecule has 0 saturated heterocycles. The highest BCUT2D eigenvalue weighted by Gasteiger charge is 2.46. The maximum Gasteiger partial charge on any atom is 0.145 e. The van der Waals surface area contributed by atoms with Crippen LogP contribution < -0.4 is 0 Å². The normalized spacial score (nSPS) is 20.1. The third kappa shape index (κ3) is 1.44. The molecule has 1 aliphatic carbocycles. The lowest BCUT2D eigenvalue weighted by Crippen LogP contribution is -2.24. The van der Waals surface area contributed by atoms with Gasteiger partial charge >= 0.3 is 0 Å². The van der Waals surface area contributed by atoms with Crippen molar-refractivity contribution in [2.24, 2.45) is 5.92 Å². The van der Waals surface area contributed by atoms with Crippen LogP contribution in [0.5, 0.6) is 0 Å². The number of aldehydes is 1. The predicted molar refractivity (Wildman–Crippen MR) is 52.7 cm³/mol. The second-order valence-electron chi connectivity index (χ2n) is 3.64. The van der Waals surface area contributed by atoms with Crippen molar-refractivity contribution >= 4 is 17.9 Å². The van der Waals surface area contributed by atoms with Crippen LogP contribution in [0.4, 0.5) is 4.39 Å². The Balaban J connectivity index is 2.45. The van der Waals surface area contributed by atoms with Gasteiger partial charge in [0.15, 0.2) is 0 Å². The average Bonchev–Trinajstić information content (AvgIpc) is 3.01. The molecule has 2 rings (SSSR count). The monoisotopic (exact) mass is 212 g/mol. The van der Waals surface area contributed by atoms with Crippen molar-refractivity contribution in [2.45, 2.75) is 17.7 Å². The summed E-state index contributed by atoms with van der Waals surface area (Å²) in [6.45, 7) is 0. The number of halogens is 2. The van der Waals surface area contributed by atoms with Gasteiger partial charge in [-0.05, 0) is 24.8 Å². The topological polar surface area (TPSA) is 17.1 Å². The van der Waals surface area contributed by atoms with Crippen molar-refractivity contribution in [3.63, 3.8) is 0 Å². The Hall–Kier alpha value is -0.890. The third-order valence-corrected chi connectivity index (χ3v) is 3.23. The first-order valence-corrected chi connectivity index (χ1v) is 4.96. The highest BCUT2D eigenvalue weighted by atomic mass is 35.5. The lowest BCUT2D eigenvalue weighted by atomic mass is 9.94. The van der Waals surface area contributed by atoms with Gasteiger partial charge in [0.2, 0.25) is 0 Å². The molecule has 0 N–H and O–H groups in total. The van der Waals surface area contributed by atoms with Crippen LogP contribution >= 0.6 is 11.6 Å². The van der Waals surface area contributed by atoms with Crippen molar-refractivity contribution in [3.05, 3.63) is 35.6 Å². The fraction of sp³-hybridized carbons (Fsp3) is 0.364. The molecular formula is C11H10ClFO. The van der Waals surface area contributed by atoms with Gasteiger partial charge in [0.25, 0.3) is 0 Å². The Morgan fingerprint density at radius 1 is 1.43 bits per heavy atom. The van der Waals surface area contributed by atoms with Crippen molar-refractivity contribution in [1.82, 2.24) is 0 Å². The summed E-state index contributed by atoms with van der Waals surface area (Å²) in [5.74, 6) is -0.305. The Morgan fingerprint density at radius 2 is 2.07 bits per heavy atom. The molecule has 0 bridgehead atoms. The number of hydrogen-bond donors (Lipinski definition) is 0. The number of benzene rings is 1. The van der Waals surface area contributed by atoms with Crippen molar-refractivity contribution < 1.29 is 9.18 Å². The van der Waals surface area contributed by atoms with Crippen LogP contribution in [0.3, 0.4) is 0 Å². The number of carbonyl (C=O) groups excluding carboxylic acids is 1. The van der Waals surface area contributed by atoms with Gasteiger partial charge in [0, 0.05) is 5.56 Å². The maximum absolute atomic E-state index is 13.4. The zero-order valence-corrected chi connectivity index (χ0v) is 8.30. The minimum absolute atomic E-state index is 0.0959. The minimum Gasteiger partial charge on any atom is -0.301 e. The predicted octanol–water partition coefficient (Wildman–Crippen LogP) is 2.87. The molecule has 1 unspecified atom stereocenters. The van der Waals surface area contributed by atoms with Crippen molar-refractivity contribution in [3.8, 4) is 0 Å². The van der Waals surface area contributed by atoms with Crippen LogP contribution in [0, 0.1) is 11.7 Å². The lowest BCUT2D eigenvalue weighted by molar-refractivity contribution is -0.110. The SMILES string of the molecule is O=CC(Cl)(c1ccccc1F)C1CC1. The highest BCUT2D eigenvalue weighted by Crippen LogP contribution is 2.49. The van der Waals surface area contributed by atoms with Crippen LogP contribution in [0.25, 0.3) is 0 Å². The maximum atomic E-state index is 13.4. The van der Waals surface area contributed by atoms with Gasteiger partial charge in [-0.1, -0.05) is 18.2 Å². The van der Waals surface area contributed by atoms with Crippen LogP contribution in [0.1, 0.15) is 18.4 Å². The first-order valence-electron chi connectivity index (χ1n) is 4.58. The largest absolute Gasteiger partial charge is 0.301 e. The van der Waals surface area contributed by atoms with E-state index in [2.05, 4.69) is 0 Å².